The third kappa shape index (κ3) is 5.09. The van der Waals surface area contributed by atoms with Crippen molar-refractivity contribution < 1.29 is 0 Å². The summed E-state index contributed by atoms with van der Waals surface area (Å²) in [5.41, 5.74) is 14.9. The van der Waals surface area contributed by atoms with Crippen molar-refractivity contribution in [3.8, 4) is 0 Å². The molecule has 2 heteroatoms. The van der Waals surface area contributed by atoms with E-state index in [2.05, 4.69) is 218 Å². The number of hydrogen-bond acceptors (Lipinski definition) is 0. The minimum absolute atomic E-state index is 0.108. The largest absolute Gasteiger partial charge is 0.0622 e. The lowest BCUT2D eigenvalue weighted by Crippen LogP contribution is -2.36. The van der Waals surface area contributed by atoms with Gasteiger partial charge in [0.1, 0.15) is 0 Å². The number of rotatable bonds is 7. The quantitative estimate of drug-likeness (QED) is 0.142. The third-order valence-electron chi connectivity index (χ3n) is 13.0. The lowest BCUT2D eigenvalue weighted by molar-refractivity contribution is 0.706. The topological polar surface area (TPSA) is 0 Å². The average molecular weight is 775 g/mol. The fraction of sp³-hybridized carbons (Fsp3) is 0.0714. The molecule has 58 heavy (non-hydrogen) atoms. The van der Waals surface area contributed by atoms with Crippen molar-refractivity contribution >= 4 is 37.1 Å². The highest BCUT2D eigenvalue weighted by Gasteiger charge is 2.53. The average Bonchev–Trinajstić information content (AvgIpc) is 3.31. The highest BCUT2D eigenvalue weighted by atomic mass is 31.1. The van der Waals surface area contributed by atoms with Crippen LogP contribution >= 0.6 is 15.8 Å². The van der Waals surface area contributed by atoms with Crippen LogP contribution in [-0.4, -0.2) is 0 Å². The predicted molar refractivity (Wildman–Crippen MR) is 245 cm³/mol. The van der Waals surface area contributed by atoms with Crippen molar-refractivity contribution in [2.45, 2.75) is 23.7 Å². The lowest BCUT2D eigenvalue weighted by atomic mass is 9.57. The molecular weight excluding hydrogens is 735 g/mol. The molecule has 8 aromatic rings. The molecule has 0 fully saturated rings. The van der Waals surface area contributed by atoms with Crippen molar-refractivity contribution in [3.05, 3.63) is 285 Å². The van der Waals surface area contributed by atoms with Crippen LogP contribution in [-0.2, 0) is 0 Å². The van der Waals surface area contributed by atoms with E-state index in [1.165, 1.54) is 65.7 Å². The first-order valence-corrected chi connectivity index (χ1v) is 23.2. The van der Waals surface area contributed by atoms with Crippen molar-refractivity contribution in [1.29, 1.82) is 0 Å². The number of benzene rings is 8. The molecule has 0 heterocycles. The van der Waals surface area contributed by atoms with Gasteiger partial charge in [-0.15, -0.1) is 0 Å². The minimum atomic E-state index is -0.935. The summed E-state index contributed by atoms with van der Waals surface area (Å²) in [5, 5.41) is 8.88. The van der Waals surface area contributed by atoms with Crippen LogP contribution < -0.4 is 21.2 Å². The molecule has 6 aliphatic rings. The number of hydrogen-bond donors (Lipinski definition) is 0. The van der Waals surface area contributed by atoms with E-state index in [1.807, 2.05) is 0 Å². The Morgan fingerprint density at radius 2 is 0.397 bits per heavy atom. The van der Waals surface area contributed by atoms with Crippen LogP contribution in [0.5, 0.6) is 0 Å². The monoisotopic (exact) mass is 774 g/mol. The Balaban J connectivity index is 1.29. The molecule has 6 aliphatic carbocycles. The summed E-state index contributed by atoms with van der Waals surface area (Å²) in [5.74, 6) is 0.491. The Hall–Kier alpha value is -5.90. The van der Waals surface area contributed by atoms with Crippen molar-refractivity contribution in [3.63, 3.8) is 0 Å². The Morgan fingerprint density at radius 1 is 0.207 bits per heavy atom. The summed E-state index contributed by atoms with van der Waals surface area (Å²) < 4.78 is 0. The molecule has 4 bridgehead atoms. The number of allylic oxidation sites excluding steroid dienone is 4. The Bertz CT molecular complexity index is 2540. The normalized spacial score (nSPS) is 19.6. The molecule has 274 valence electrons. The van der Waals surface area contributed by atoms with Gasteiger partial charge in [0.05, 0.1) is 0 Å². The summed E-state index contributed by atoms with van der Waals surface area (Å²) in [7, 11) is -1.87. The van der Waals surface area contributed by atoms with Crippen LogP contribution in [0, 0.1) is 0 Å². The van der Waals surface area contributed by atoms with Crippen LogP contribution in [0.4, 0.5) is 0 Å². The van der Waals surface area contributed by atoms with Crippen LogP contribution in [0.15, 0.2) is 240 Å². The first-order chi connectivity index (χ1) is 28.9. The summed E-state index contributed by atoms with van der Waals surface area (Å²) >= 11 is 0. The first-order valence-electron chi connectivity index (χ1n) is 20.5. The lowest BCUT2D eigenvalue weighted by Gasteiger charge is -2.52. The zero-order valence-corrected chi connectivity index (χ0v) is 33.8. The molecule has 8 aromatic carbocycles. The summed E-state index contributed by atoms with van der Waals surface area (Å²) in [4.78, 5) is 0. The molecule has 0 saturated carbocycles. The van der Waals surface area contributed by atoms with E-state index >= 15 is 0 Å². The SMILES string of the molecule is c1ccc(P(C2=C(C3=C(P(c4ccccc4)c4ccccc4)C4c5ccccc5C3c3ccccc34)C3c4ccccc4C2c2ccccc23)c2ccccc2)cc1. The maximum Gasteiger partial charge on any atom is 0.0360 e. The van der Waals surface area contributed by atoms with E-state index < -0.39 is 15.8 Å². The molecule has 0 atom stereocenters. The third-order valence-corrected chi connectivity index (χ3v) is 18.2. The zero-order valence-electron chi connectivity index (χ0n) is 32.0. The van der Waals surface area contributed by atoms with Crippen molar-refractivity contribution in [2.24, 2.45) is 0 Å². The molecule has 0 nitrogen and oxygen atoms in total. The highest BCUT2D eigenvalue weighted by molar-refractivity contribution is 7.77. The van der Waals surface area contributed by atoms with Gasteiger partial charge in [-0.2, -0.15) is 0 Å². The van der Waals surface area contributed by atoms with Gasteiger partial charge in [-0.1, -0.05) is 218 Å². The summed E-state index contributed by atoms with van der Waals surface area (Å²) in [6, 6.07) is 83.7. The van der Waals surface area contributed by atoms with E-state index in [9.17, 15) is 0 Å². The van der Waals surface area contributed by atoms with Gasteiger partial charge in [0.2, 0.25) is 0 Å². The maximum atomic E-state index is 2.45. The molecule has 0 spiro atoms. The van der Waals surface area contributed by atoms with Gasteiger partial charge in [-0.3, -0.25) is 0 Å². The standard InChI is InChI=1S/C56H40P2/c1-5-21-37(22-6-1)57(38-23-7-2-8-24-38)55-51-45-33-17-13-29-41(45)49(42-30-14-18-34-46(42)51)53(55)54-50-43-31-15-19-35-47(43)52(48-36-20-16-32-44(48)50)56(54)58(39-25-9-3-10-26-39)40-27-11-4-12-28-40/h1-36,49-52H. The zero-order chi connectivity index (χ0) is 38.2. The molecule has 0 radical (unpaired) electrons. The van der Waals surface area contributed by atoms with Crippen LogP contribution in [0.2, 0.25) is 0 Å². The van der Waals surface area contributed by atoms with E-state index in [-0.39, 0.29) is 23.7 Å². The first kappa shape index (κ1) is 34.2. The molecule has 0 aliphatic heterocycles. The molecule has 14 rings (SSSR count). The Labute approximate surface area is 343 Å². The fourth-order valence-corrected chi connectivity index (χ4v) is 16.5. The Morgan fingerprint density at radius 3 is 0.621 bits per heavy atom. The van der Waals surface area contributed by atoms with Crippen LogP contribution in [0.25, 0.3) is 0 Å². The second-order valence-corrected chi connectivity index (χ2v) is 20.2. The molecule has 0 unspecified atom stereocenters. The fourth-order valence-electron chi connectivity index (χ4n) is 10.9. The van der Waals surface area contributed by atoms with Gasteiger partial charge in [0, 0.05) is 23.7 Å². The summed E-state index contributed by atoms with van der Waals surface area (Å²) in [6.07, 6.45) is 0. The van der Waals surface area contributed by atoms with E-state index in [4.69, 9.17) is 0 Å². The van der Waals surface area contributed by atoms with E-state index in [0.29, 0.717) is 0 Å². The minimum Gasteiger partial charge on any atom is -0.0622 e. The van der Waals surface area contributed by atoms with Gasteiger partial charge in [-0.05, 0) is 103 Å². The highest BCUT2D eigenvalue weighted by Crippen LogP contribution is 2.72. The molecule has 0 saturated heterocycles. The molecule has 0 aromatic heterocycles. The maximum absolute atomic E-state index is 2.45. The Kier molecular flexibility index (Phi) is 8.18. The van der Waals surface area contributed by atoms with Gasteiger partial charge in [-0.25, -0.2) is 0 Å². The van der Waals surface area contributed by atoms with Crippen molar-refractivity contribution in [2.75, 3.05) is 0 Å². The number of fused-ring (bicyclic) bond motifs is 1. The second kappa shape index (κ2) is 13.9. The van der Waals surface area contributed by atoms with E-state index in [0.717, 1.165) is 0 Å². The van der Waals surface area contributed by atoms with E-state index in [1.54, 1.807) is 21.8 Å². The van der Waals surface area contributed by atoms with Crippen molar-refractivity contribution in [1.82, 2.24) is 0 Å². The summed E-state index contributed by atoms with van der Waals surface area (Å²) in [6.45, 7) is 0. The van der Waals surface area contributed by atoms with Crippen LogP contribution in [0.3, 0.4) is 0 Å². The molecule has 0 N–H and O–H groups in total. The second-order valence-electron chi connectivity index (χ2n) is 15.9. The van der Waals surface area contributed by atoms with Gasteiger partial charge in [0.25, 0.3) is 0 Å². The molecular formula is C56H40P2. The van der Waals surface area contributed by atoms with Gasteiger partial charge in [0.15, 0.2) is 0 Å². The van der Waals surface area contributed by atoms with Gasteiger partial charge < -0.3 is 0 Å². The molecule has 0 amide bonds. The smallest absolute Gasteiger partial charge is 0.0360 e. The predicted octanol–water partition coefficient (Wildman–Crippen LogP) is 12.3. The van der Waals surface area contributed by atoms with Gasteiger partial charge >= 0.3 is 0 Å². The van der Waals surface area contributed by atoms with Crippen LogP contribution in [0.1, 0.15) is 68.2 Å².